The second kappa shape index (κ2) is 14.8. The van der Waals surface area contributed by atoms with Gasteiger partial charge in [0.15, 0.2) is 5.96 Å². The molecular weight excluding hydrogens is 481 g/mol. The molecule has 1 aromatic rings. The van der Waals surface area contributed by atoms with Gasteiger partial charge >= 0.3 is 0 Å². The first-order valence-electron chi connectivity index (χ1n) is 10.4. The molecule has 0 bridgehead atoms. The molecule has 2 rings (SSSR count). The first kappa shape index (κ1) is 26.0. The fraction of sp³-hybridized carbons (Fsp3) is 0.682. The van der Waals surface area contributed by atoms with Crippen LogP contribution in [0.5, 0.6) is 5.75 Å². The van der Waals surface area contributed by atoms with Gasteiger partial charge in [-0.1, -0.05) is 6.07 Å². The van der Waals surface area contributed by atoms with E-state index >= 15 is 0 Å². The number of halogens is 1. The number of likely N-dealkylation sites (N-methyl/N-ethyl adjacent to an activating group) is 1. The maximum atomic E-state index is 5.89. The monoisotopic (exact) mass is 519 g/mol. The van der Waals surface area contributed by atoms with Crippen molar-refractivity contribution in [3.05, 3.63) is 29.3 Å². The number of aryl methyl sites for hydroxylation is 2. The summed E-state index contributed by atoms with van der Waals surface area (Å²) in [5.41, 5.74) is 2.44. The molecule has 0 radical (unpaired) electrons. The van der Waals surface area contributed by atoms with E-state index in [1.807, 2.05) is 14.1 Å². The summed E-state index contributed by atoms with van der Waals surface area (Å²) in [4.78, 5) is 6.44. The normalized spacial score (nSPS) is 15.0. The van der Waals surface area contributed by atoms with Gasteiger partial charge in [0.1, 0.15) is 12.4 Å². The summed E-state index contributed by atoms with van der Waals surface area (Å²) in [5, 5.41) is 3.39. The minimum atomic E-state index is 0. The van der Waals surface area contributed by atoms with Crippen molar-refractivity contribution in [2.45, 2.75) is 33.1 Å². The highest BCUT2D eigenvalue weighted by Gasteiger charge is 2.13. The number of nitrogens with one attached hydrogen (secondary N) is 1. The number of rotatable bonds is 10. The van der Waals surface area contributed by atoms with Crippen LogP contribution >= 0.6 is 24.0 Å². The lowest BCUT2D eigenvalue weighted by Crippen LogP contribution is -2.41. The number of aliphatic imine (C=N–C) groups is 1. The van der Waals surface area contributed by atoms with Crippen molar-refractivity contribution in [2.75, 3.05) is 60.2 Å². The predicted octanol–water partition coefficient (Wildman–Crippen LogP) is 3.64. The predicted molar refractivity (Wildman–Crippen MR) is 130 cm³/mol. The van der Waals surface area contributed by atoms with Crippen LogP contribution in [0.15, 0.2) is 23.2 Å². The first-order valence-corrected chi connectivity index (χ1v) is 10.4. The third-order valence-electron chi connectivity index (χ3n) is 4.91. The minimum absolute atomic E-state index is 0. The minimum Gasteiger partial charge on any atom is -0.492 e. The Hall–Kier alpha value is -1.06. The molecule has 1 saturated heterocycles. The molecule has 1 N–H and O–H groups in total. The van der Waals surface area contributed by atoms with Crippen LogP contribution in [0.2, 0.25) is 0 Å². The molecule has 0 aliphatic carbocycles. The largest absolute Gasteiger partial charge is 0.492 e. The van der Waals surface area contributed by atoms with Gasteiger partial charge in [-0.25, -0.2) is 0 Å². The first-order chi connectivity index (χ1) is 13.6. The molecule has 29 heavy (non-hydrogen) atoms. The number of nitrogens with zero attached hydrogens (tertiary/aromatic N) is 2. The molecule has 1 aromatic carbocycles. The molecule has 7 heteroatoms. The third-order valence-corrected chi connectivity index (χ3v) is 4.91. The lowest BCUT2D eigenvalue weighted by Gasteiger charge is -2.23. The van der Waals surface area contributed by atoms with Crippen LogP contribution < -0.4 is 10.1 Å². The van der Waals surface area contributed by atoms with E-state index in [4.69, 9.17) is 14.2 Å². The van der Waals surface area contributed by atoms with Crippen LogP contribution in [-0.2, 0) is 9.47 Å². The average molecular weight is 519 g/mol. The second-order valence-corrected chi connectivity index (χ2v) is 7.55. The van der Waals surface area contributed by atoms with Gasteiger partial charge in [0, 0.05) is 47.1 Å². The van der Waals surface area contributed by atoms with E-state index in [0.717, 1.165) is 70.5 Å². The molecule has 1 aliphatic heterocycles. The van der Waals surface area contributed by atoms with Crippen LogP contribution in [0.1, 0.15) is 30.4 Å². The number of guanidine groups is 1. The van der Waals surface area contributed by atoms with E-state index in [2.05, 4.69) is 47.3 Å². The van der Waals surface area contributed by atoms with Crippen molar-refractivity contribution in [1.82, 2.24) is 10.2 Å². The molecular formula is C22H38IN3O3. The molecule has 1 heterocycles. The topological polar surface area (TPSA) is 55.3 Å². The maximum absolute atomic E-state index is 5.89. The molecule has 1 fully saturated rings. The molecule has 0 atom stereocenters. The van der Waals surface area contributed by atoms with Crippen LogP contribution in [0.25, 0.3) is 0 Å². The number of ether oxygens (including phenoxy) is 3. The van der Waals surface area contributed by atoms with E-state index in [1.54, 1.807) is 0 Å². The Kier molecular flexibility index (Phi) is 13.3. The van der Waals surface area contributed by atoms with Crippen molar-refractivity contribution in [2.24, 2.45) is 10.9 Å². The average Bonchev–Trinajstić information content (AvgIpc) is 2.67. The van der Waals surface area contributed by atoms with Crippen LogP contribution in [0.3, 0.4) is 0 Å². The summed E-state index contributed by atoms with van der Waals surface area (Å²) in [6.45, 7) is 9.81. The highest BCUT2D eigenvalue weighted by molar-refractivity contribution is 14.0. The molecule has 1 aliphatic rings. The lowest BCUT2D eigenvalue weighted by molar-refractivity contribution is 0.0203. The van der Waals surface area contributed by atoms with Gasteiger partial charge in [0.05, 0.1) is 6.54 Å². The highest BCUT2D eigenvalue weighted by Crippen LogP contribution is 2.16. The molecule has 0 spiro atoms. The fourth-order valence-corrected chi connectivity index (χ4v) is 3.34. The van der Waals surface area contributed by atoms with Crippen LogP contribution in [-0.4, -0.2) is 71.1 Å². The SMILES string of the molecule is CN=C(NCCCOCC1CCOCC1)N(C)CCOc1cc(C)cc(C)c1.I. The molecule has 0 unspecified atom stereocenters. The summed E-state index contributed by atoms with van der Waals surface area (Å²) in [5.74, 6) is 2.47. The van der Waals surface area contributed by atoms with Gasteiger partial charge in [0.2, 0.25) is 0 Å². The molecule has 0 aromatic heterocycles. The van der Waals surface area contributed by atoms with Crippen molar-refractivity contribution in [1.29, 1.82) is 0 Å². The summed E-state index contributed by atoms with van der Waals surface area (Å²) >= 11 is 0. The Morgan fingerprint density at radius 1 is 1.17 bits per heavy atom. The zero-order chi connectivity index (χ0) is 20.2. The van der Waals surface area contributed by atoms with Gasteiger partial charge in [-0.2, -0.15) is 0 Å². The van der Waals surface area contributed by atoms with E-state index in [-0.39, 0.29) is 24.0 Å². The van der Waals surface area contributed by atoms with Gasteiger partial charge in [-0.05, 0) is 62.3 Å². The highest BCUT2D eigenvalue weighted by atomic mass is 127. The van der Waals surface area contributed by atoms with Crippen molar-refractivity contribution < 1.29 is 14.2 Å². The third kappa shape index (κ3) is 10.5. The van der Waals surface area contributed by atoms with E-state index < -0.39 is 0 Å². The standard InChI is InChI=1S/C22H37N3O3.HI/c1-18-14-19(2)16-21(15-18)28-13-9-25(4)22(23-3)24-8-5-10-27-17-20-6-11-26-12-7-20;/h14-16,20H,5-13,17H2,1-4H3,(H,23,24);1H. The summed E-state index contributed by atoms with van der Waals surface area (Å²) in [6, 6.07) is 6.29. The Morgan fingerprint density at radius 3 is 2.52 bits per heavy atom. The Balaban J connectivity index is 0.00000420. The molecule has 0 saturated carbocycles. The molecule has 0 amide bonds. The smallest absolute Gasteiger partial charge is 0.193 e. The Morgan fingerprint density at radius 2 is 1.86 bits per heavy atom. The molecule has 6 nitrogen and oxygen atoms in total. The maximum Gasteiger partial charge on any atom is 0.193 e. The quantitative estimate of drug-likeness (QED) is 0.222. The second-order valence-electron chi connectivity index (χ2n) is 7.55. The number of hydrogen-bond donors (Lipinski definition) is 1. The van der Waals surface area contributed by atoms with Crippen LogP contribution in [0, 0.1) is 19.8 Å². The fourth-order valence-electron chi connectivity index (χ4n) is 3.34. The van der Waals surface area contributed by atoms with Gasteiger partial charge in [-0.15, -0.1) is 24.0 Å². The lowest BCUT2D eigenvalue weighted by atomic mass is 10.0. The molecule has 166 valence electrons. The van der Waals surface area contributed by atoms with E-state index in [0.29, 0.717) is 12.5 Å². The Labute approximate surface area is 193 Å². The Bertz CT molecular complexity index is 587. The zero-order valence-corrected chi connectivity index (χ0v) is 20.7. The van der Waals surface area contributed by atoms with E-state index in [1.165, 1.54) is 11.1 Å². The number of hydrogen-bond acceptors (Lipinski definition) is 4. The zero-order valence-electron chi connectivity index (χ0n) is 18.4. The van der Waals surface area contributed by atoms with Crippen LogP contribution in [0.4, 0.5) is 0 Å². The van der Waals surface area contributed by atoms with Crippen molar-refractivity contribution in [3.63, 3.8) is 0 Å². The van der Waals surface area contributed by atoms with Crippen molar-refractivity contribution in [3.8, 4) is 5.75 Å². The summed E-state index contributed by atoms with van der Waals surface area (Å²) in [7, 11) is 3.84. The number of benzene rings is 1. The van der Waals surface area contributed by atoms with E-state index in [9.17, 15) is 0 Å². The summed E-state index contributed by atoms with van der Waals surface area (Å²) in [6.07, 6.45) is 3.22. The summed E-state index contributed by atoms with van der Waals surface area (Å²) < 4.78 is 17.1. The van der Waals surface area contributed by atoms with Gasteiger partial charge < -0.3 is 24.4 Å². The van der Waals surface area contributed by atoms with Crippen molar-refractivity contribution >= 4 is 29.9 Å². The van der Waals surface area contributed by atoms with Gasteiger partial charge in [0.25, 0.3) is 0 Å². The van der Waals surface area contributed by atoms with Gasteiger partial charge in [-0.3, -0.25) is 4.99 Å².